The summed E-state index contributed by atoms with van der Waals surface area (Å²) < 4.78 is 13.4. The van der Waals surface area contributed by atoms with E-state index in [0.717, 1.165) is 17.9 Å². The van der Waals surface area contributed by atoms with E-state index in [-0.39, 0.29) is 5.82 Å². The van der Waals surface area contributed by atoms with Crippen molar-refractivity contribution in [1.29, 1.82) is 0 Å². The van der Waals surface area contributed by atoms with Crippen LogP contribution in [0.15, 0.2) is 18.2 Å². The summed E-state index contributed by atoms with van der Waals surface area (Å²) in [6.07, 6.45) is 4.51. The molecule has 1 aromatic rings. The van der Waals surface area contributed by atoms with Crippen LogP contribution in [0.25, 0.3) is 0 Å². The zero-order valence-corrected chi connectivity index (χ0v) is 14.8. The lowest BCUT2D eigenvalue weighted by Crippen LogP contribution is -2.33. The minimum absolute atomic E-state index is 0.196. The zero-order valence-electron chi connectivity index (χ0n) is 12.4. The molecule has 20 heavy (non-hydrogen) atoms. The number of hydrogen-bond acceptors (Lipinski definition) is 0. The summed E-state index contributed by atoms with van der Waals surface area (Å²) in [5.74, 6) is 1.07. The topological polar surface area (TPSA) is 0 Å². The number of alkyl halides is 1. The summed E-state index contributed by atoms with van der Waals surface area (Å²) in [4.78, 5) is 0.514. The first-order valence-electron chi connectivity index (χ1n) is 7.35. The Morgan fingerprint density at radius 2 is 2.00 bits per heavy atom. The van der Waals surface area contributed by atoms with Gasteiger partial charge in [0.2, 0.25) is 0 Å². The Balaban J connectivity index is 2.12. The maximum absolute atomic E-state index is 13.4. The van der Waals surface area contributed by atoms with Gasteiger partial charge in [-0.25, -0.2) is 4.39 Å². The number of rotatable bonds is 2. The standard InChI is InChI=1S/C17H23BrClF/c1-17(2,3)13-4-6-15(18)11(9-13)8-12-10-14(20)5-7-16(12)19/h5,7,10-11,13,15H,4,6,8-9H2,1-3H3. The van der Waals surface area contributed by atoms with Crippen molar-refractivity contribution in [2.75, 3.05) is 0 Å². The van der Waals surface area contributed by atoms with E-state index >= 15 is 0 Å². The van der Waals surface area contributed by atoms with Crippen LogP contribution in [0.5, 0.6) is 0 Å². The molecule has 1 aliphatic carbocycles. The molecule has 3 heteroatoms. The lowest BCUT2D eigenvalue weighted by atomic mass is 9.68. The molecule has 3 atom stereocenters. The van der Waals surface area contributed by atoms with Crippen molar-refractivity contribution >= 4 is 27.5 Å². The van der Waals surface area contributed by atoms with Gasteiger partial charge in [0, 0.05) is 9.85 Å². The molecule has 1 saturated carbocycles. The van der Waals surface area contributed by atoms with Crippen LogP contribution in [-0.2, 0) is 6.42 Å². The molecule has 3 unspecified atom stereocenters. The summed E-state index contributed by atoms with van der Waals surface area (Å²) in [6, 6.07) is 4.68. The van der Waals surface area contributed by atoms with Crippen LogP contribution in [0.3, 0.4) is 0 Å². The van der Waals surface area contributed by atoms with Gasteiger partial charge in [-0.05, 0) is 66.7 Å². The molecule has 0 saturated heterocycles. The van der Waals surface area contributed by atoms with Crippen molar-refractivity contribution in [3.05, 3.63) is 34.6 Å². The van der Waals surface area contributed by atoms with Crippen LogP contribution in [0.4, 0.5) is 4.39 Å². The van der Waals surface area contributed by atoms with E-state index in [9.17, 15) is 4.39 Å². The van der Waals surface area contributed by atoms with Crippen LogP contribution in [0.2, 0.25) is 5.02 Å². The first-order valence-corrected chi connectivity index (χ1v) is 8.64. The molecule has 0 aliphatic heterocycles. The van der Waals surface area contributed by atoms with Gasteiger partial charge in [0.1, 0.15) is 5.82 Å². The van der Waals surface area contributed by atoms with E-state index in [4.69, 9.17) is 11.6 Å². The average Bonchev–Trinajstić information content (AvgIpc) is 2.35. The highest BCUT2D eigenvalue weighted by atomic mass is 79.9. The number of benzene rings is 1. The summed E-state index contributed by atoms with van der Waals surface area (Å²) in [5.41, 5.74) is 1.28. The smallest absolute Gasteiger partial charge is 0.123 e. The Morgan fingerprint density at radius 1 is 1.30 bits per heavy atom. The first-order chi connectivity index (χ1) is 9.27. The number of halogens is 3. The molecule has 1 fully saturated rings. The minimum Gasteiger partial charge on any atom is -0.207 e. The Labute approximate surface area is 135 Å². The van der Waals surface area contributed by atoms with Crippen LogP contribution in [0, 0.1) is 23.1 Å². The molecule has 0 N–H and O–H groups in total. The van der Waals surface area contributed by atoms with E-state index in [1.165, 1.54) is 25.3 Å². The van der Waals surface area contributed by atoms with E-state index < -0.39 is 0 Å². The van der Waals surface area contributed by atoms with Gasteiger partial charge < -0.3 is 0 Å². The predicted molar refractivity (Wildman–Crippen MR) is 88.1 cm³/mol. The second-order valence-corrected chi connectivity index (χ2v) is 8.68. The monoisotopic (exact) mass is 360 g/mol. The number of hydrogen-bond donors (Lipinski definition) is 0. The Kier molecular flexibility index (Phi) is 5.18. The highest BCUT2D eigenvalue weighted by Gasteiger charge is 2.35. The highest BCUT2D eigenvalue weighted by molar-refractivity contribution is 9.09. The SMILES string of the molecule is CC(C)(C)C1CCC(Br)C(Cc2cc(F)ccc2Cl)C1. The van der Waals surface area contributed by atoms with E-state index in [2.05, 4.69) is 36.7 Å². The molecule has 1 aromatic carbocycles. The van der Waals surface area contributed by atoms with Crippen LogP contribution >= 0.6 is 27.5 Å². The summed E-state index contributed by atoms with van der Waals surface area (Å²) in [7, 11) is 0. The summed E-state index contributed by atoms with van der Waals surface area (Å²) in [6.45, 7) is 6.95. The van der Waals surface area contributed by atoms with Crippen molar-refractivity contribution < 1.29 is 4.39 Å². The molecule has 0 spiro atoms. The quantitative estimate of drug-likeness (QED) is 0.546. The third-order valence-corrected chi connectivity index (χ3v) is 6.18. The Hall–Kier alpha value is -0.0800. The second kappa shape index (κ2) is 6.36. The minimum atomic E-state index is -0.196. The maximum atomic E-state index is 13.4. The fraction of sp³-hybridized carbons (Fsp3) is 0.647. The molecule has 0 aromatic heterocycles. The normalized spacial score (nSPS) is 27.6. The molecule has 1 aliphatic rings. The Morgan fingerprint density at radius 3 is 2.65 bits per heavy atom. The fourth-order valence-corrected chi connectivity index (χ4v) is 4.07. The van der Waals surface area contributed by atoms with E-state index in [1.807, 2.05) is 0 Å². The highest BCUT2D eigenvalue weighted by Crippen LogP contribution is 2.44. The lowest BCUT2D eigenvalue weighted by molar-refractivity contribution is 0.146. The van der Waals surface area contributed by atoms with Gasteiger partial charge in [-0.1, -0.05) is 48.3 Å². The van der Waals surface area contributed by atoms with Crippen molar-refractivity contribution in [2.24, 2.45) is 17.3 Å². The third kappa shape index (κ3) is 3.98. The van der Waals surface area contributed by atoms with Gasteiger partial charge in [-0.3, -0.25) is 0 Å². The van der Waals surface area contributed by atoms with Crippen molar-refractivity contribution in [3.8, 4) is 0 Å². The van der Waals surface area contributed by atoms with Gasteiger partial charge in [-0.2, -0.15) is 0 Å². The first kappa shape index (κ1) is 16.3. The van der Waals surface area contributed by atoms with Gasteiger partial charge in [-0.15, -0.1) is 0 Å². The molecule has 0 radical (unpaired) electrons. The van der Waals surface area contributed by atoms with Gasteiger partial charge in [0.05, 0.1) is 0 Å². The molecule has 0 bridgehead atoms. The van der Waals surface area contributed by atoms with Crippen molar-refractivity contribution in [3.63, 3.8) is 0 Å². The molecular weight excluding hydrogens is 339 g/mol. The second-order valence-electron chi connectivity index (χ2n) is 7.09. The average molecular weight is 362 g/mol. The molecule has 0 amide bonds. The van der Waals surface area contributed by atoms with Gasteiger partial charge >= 0.3 is 0 Å². The van der Waals surface area contributed by atoms with Crippen molar-refractivity contribution in [2.45, 2.75) is 51.3 Å². The van der Waals surface area contributed by atoms with Crippen LogP contribution in [-0.4, -0.2) is 4.83 Å². The zero-order chi connectivity index (χ0) is 14.9. The fourth-order valence-electron chi connectivity index (χ4n) is 3.21. The van der Waals surface area contributed by atoms with Crippen LogP contribution in [0.1, 0.15) is 45.6 Å². The lowest BCUT2D eigenvalue weighted by Gasteiger charge is -2.40. The summed E-state index contributed by atoms with van der Waals surface area (Å²) >= 11 is 10.0. The van der Waals surface area contributed by atoms with E-state index in [0.29, 0.717) is 21.2 Å². The molecule has 2 rings (SSSR count). The maximum Gasteiger partial charge on any atom is 0.123 e. The van der Waals surface area contributed by atoms with Crippen molar-refractivity contribution in [1.82, 2.24) is 0 Å². The predicted octanol–water partition coefficient (Wildman–Crippen LogP) is 6.25. The Bertz CT molecular complexity index is 467. The van der Waals surface area contributed by atoms with Gasteiger partial charge in [0.15, 0.2) is 0 Å². The van der Waals surface area contributed by atoms with Gasteiger partial charge in [0.25, 0.3) is 0 Å². The molecular formula is C17H23BrClF. The molecule has 0 heterocycles. The third-order valence-electron chi connectivity index (χ3n) is 4.60. The molecule has 112 valence electrons. The van der Waals surface area contributed by atoms with Crippen LogP contribution < -0.4 is 0 Å². The largest absolute Gasteiger partial charge is 0.207 e. The molecule has 0 nitrogen and oxygen atoms in total. The van der Waals surface area contributed by atoms with E-state index in [1.54, 1.807) is 12.1 Å². The summed E-state index contributed by atoms with van der Waals surface area (Å²) in [5, 5.41) is 0.684.